The van der Waals surface area contributed by atoms with Crippen molar-refractivity contribution in [3.8, 4) is 0 Å². The lowest BCUT2D eigenvalue weighted by Crippen LogP contribution is -2.31. The maximum absolute atomic E-state index is 11.6. The highest BCUT2D eigenvalue weighted by Gasteiger charge is 2.11. The summed E-state index contributed by atoms with van der Waals surface area (Å²) in [4.78, 5) is 12.7. The fraction of sp³-hybridized carbons (Fsp3) is 0.500. The SMILES string of the molecule is CCC(N)c1ccccc1SCC(=O)NC(C)C. The van der Waals surface area contributed by atoms with Crippen LogP contribution in [0.4, 0.5) is 0 Å². The second-order valence-electron chi connectivity index (χ2n) is 4.56. The minimum absolute atomic E-state index is 0.0434. The highest BCUT2D eigenvalue weighted by Crippen LogP contribution is 2.27. The second-order valence-corrected chi connectivity index (χ2v) is 5.58. The van der Waals surface area contributed by atoms with E-state index in [-0.39, 0.29) is 18.0 Å². The molecule has 0 fully saturated rings. The molecule has 0 spiro atoms. The van der Waals surface area contributed by atoms with Gasteiger partial charge in [0.25, 0.3) is 0 Å². The number of thioether (sulfide) groups is 1. The van der Waals surface area contributed by atoms with Crippen LogP contribution in [0, 0.1) is 0 Å². The third-order valence-electron chi connectivity index (χ3n) is 2.57. The van der Waals surface area contributed by atoms with Crippen molar-refractivity contribution >= 4 is 17.7 Å². The summed E-state index contributed by atoms with van der Waals surface area (Å²) in [5.74, 6) is 0.501. The quantitative estimate of drug-likeness (QED) is 0.778. The Hall–Kier alpha value is -1.00. The Morgan fingerprint density at radius 3 is 2.67 bits per heavy atom. The summed E-state index contributed by atoms with van der Waals surface area (Å²) >= 11 is 1.55. The molecule has 1 rings (SSSR count). The summed E-state index contributed by atoms with van der Waals surface area (Å²) < 4.78 is 0. The summed E-state index contributed by atoms with van der Waals surface area (Å²) in [7, 11) is 0. The van der Waals surface area contributed by atoms with Gasteiger partial charge >= 0.3 is 0 Å². The topological polar surface area (TPSA) is 55.1 Å². The lowest BCUT2D eigenvalue weighted by molar-refractivity contribution is -0.119. The minimum atomic E-state index is 0.0434. The molecule has 0 aliphatic rings. The van der Waals surface area contributed by atoms with Crippen LogP contribution in [0.15, 0.2) is 29.2 Å². The van der Waals surface area contributed by atoms with Crippen molar-refractivity contribution in [3.05, 3.63) is 29.8 Å². The predicted molar refractivity (Wildman–Crippen MR) is 77.7 cm³/mol. The van der Waals surface area contributed by atoms with Crippen LogP contribution >= 0.6 is 11.8 Å². The van der Waals surface area contributed by atoms with Gasteiger partial charge in [-0.3, -0.25) is 4.79 Å². The Labute approximate surface area is 114 Å². The van der Waals surface area contributed by atoms with Crippen molar-refractivity contribution in [2.75, 3.05) is 5.75 Å². The first-order valence-corrected chi connectivity index (χ1v) is 7.29. The Morgan fingerprint density at radius 2 is 2.06 bits per heavy atom. The maximum Gasteiger partial charge on any atom is 0.230 e. The molecule has 0 aliphatic carbocycles. The van der Waals surface area contributed by atoms with Gasteiger partial charge in [-0.1, -0.05) is 25.1 Å². The highest BCUT2D eigenvalue weighted by atomic mass is 32.2. The maximum atomic E-state index is 11.6. The zero-order chi connectivity index (χ0) is 13.5. The number of nitrogens with one attached hydrogen (secondary N) is 1. The number of benzene rings is 1. The van der Waals surface area contributed by atoms with Crippen LogP contribution in [0.2, 0.25) is 0 Å². The van der Waals surface area contributed by atoms with E-state index in [1.165, 1.54) is 0 Å². The zero-order valence-corrected chi connectivity index (χ0v) is 12.1. The molecule has 1 unspecified atom stereocenters. The van der Waals surface area contributed by atoms with Gasteiger partial charge in [-0.15, -0.1) is 11.8 Å². The molecule has 0 saturated carbocycles. The molecule has 0 saturated heterocycles. The fourth-order valence-electron chi connectivity index (χ4n) is 1.65. The van der Waals surface area contributed by atoms with Gasteiger partial charge in [0.15, 0.2) is 0 Å². The van der Waals surface area contributed by atoms with Crippen LogP contribution < -0.4 is 11.1 Å². The van der Waals surface area contributed by atoms with E-state index in [0.717, 1.165) is 16.9 Å². The van der Waals surface area contributed by atoms with Crippen LogP contribution in [-0.4, -0.2) is 17.7 Å². The van der Waals surface area contributed by atoms with Crippen molar-refractivity contribution in [2.24, 2.45) is 5.73 Å². The van der Waals surface area contributed by atoms with Crippen molar-refractivity contribution in [3.63, 3.8) is 0 Å². The lowest BCUT2D eigenvalue weighted by atomic mass is 10.1. The number of amides is 1. The van der Waals surface area contributed by atoms with Crippen molar-refractivity contribution in [1.29, 1.82) is 0 Å². The molecule has 100 valence electrons. The molecule has 0 radical (unpaired) electrons. The van der Waals surface area contributed by atoms with Crippen LogP contribution in [0.1, 0.15) is 38.8 Å². The largest absolute Gasteiger partial charge is 0.353 e. The van der Waals surface area contributed by atoms with Gasteiger partial charge in [-0.25, -0.2) is 0 Å². The minimum Gasteiger partial charge on any atom is -0.353 e. The molecule has 0 aromatic heterocycles. The van der Waals surface area contributed by atoms with E-state index in [4.69, 9.17) is 5.73 Å². The number of nitrogens with two attached hydrogens (primary N) is 1. The first kappa shape index (κ1) is 15.1. The number of carbonyl (C=O) groups is 1. The van der Waals surface area contributed by atoms with Crippen LogP contribution in [0.3, 0.4) is 0 Å². The lowest BCUT2D eigenvalue weighted by Gasteiger charge is -2.14. The summed E-state index contributed by atoms with van der Waals surface area (Å²) in [6.07, 6.45) is 0.899. The summed E-state index contributed by atoms with van der Waals surface area (Å²) in [6.45, 7) is 5.99. The third kappa shape index (κ3) is 4.70. The van der Waals surface area contributed by atoms with E-state index in [1.54, 1.807) is 11.8 Å². The van der Waals surface area contributed by atoms with E-state index < -0.39 is 0 Å². The van der Waals surface area contributed by atoms with Gasteiger partial charge in [0.2, 0.25) is 5.91 Å². The molecule has 18 heavy (non-hydrogen) atoms. The number of rotatable bonds is 6. The molecule has 1 amide bonds. The molecule has 4 heteroatoms. The Kier molecular flexibility index (Phi) is 6.22. The van der Waals surface area contributed by atoms with E-state index >= 15 is 0 Å². The van der Waals surface area contributed by atoms with Gasteiger partial charge in [0.05, 0.1) is 5.75 Å². The van der Waals surface area contributed by atoms with Crippen LogP contribution in [0.5, 0.6) is 0 Å². The van der Waals surface area contributed by atoms with Gasteiger partial charge in [0, 0.05) is 17.0 Å². The normalized spacial score (nSPS) is 12.5. The molecule has 0 aliphatic heterocycles. The molecular formula is C14H22N2OS. The fourth-order valence-corrected chi connectivity index (χ4v) is 2.58. The third-order valence-corrected chi connectivity index (χ3v) is 3.66. The first-order valence-electron chi connectivity index (χ1n) is 6.31. The summed E-state index contributed by atoms with van der Waals surface area (Å²) in [5, 5.41) is 2.88. The van der Waals surface area contributed by atoms with E-state index in [9.17, 15) is 4.79 Å². The van der Waals surface area contributed by atoms with Crippen molar-refractivity contribution in [1.82, 2.24) is 5.32 Å². The molecule has 1 aromatic rings. The number of hydrogen-bond acceptors (Lipinski definition) is 3. The molecule has 1 aromatic carbocycles. The van der Waals surface area contributed by atoms with Crippen molar-refractivity contribution in [2.45, 2.75) is 44.2 Å². The average molecular weight is 266 g/mol. The van der Waals surface area contributed by atoms with Crippen LogP contribution in [0.25, 0.3) is 0 Å². The Balaban J connectivity index is 2.64. The molecule has 0 bridgehead atoms. The Bertz CT molecular complexity index is 393. The average Bonchev–Trinajstić information content (AvgIpc) is 2.35. The Morgan fingerprint density at radius 1 is 1.39 bits per heavy atom. The van der Waals surface area contributed by atoms with Crippen LogP contribution in [-0.2, 0) is 4.79 Å². The first-order chi connectivity index (χ1) is 8.54. The molecule has 3 nitrogen and oxygen atoms in total. The van der Waals surface area contributed by atoms with Gasteiger partial charge in [0.1, 0.15) is 0 Å². The molecular weight excluding hydrogens is 244 g/mol. The molecule has 1 atom stereocenters. The number of carbonyl (C=O) groups excluding carboxylic acids is 1. The van der Waals surface area contributed by atoms with E-state index in [2.05, 4.69) is 12.2 Å². The van der Waals surface area contributed by atoms with E-state index in [0.29, 0.717) is 5.75 Å². The van der Waals surface area contributed by atoms with Gasteiger partial charge in [-0.05, 0) is 31.9 Å². The molecule has 0 heterocycles. The molecule has 3 N–H and O–H groups in total. The van der Waals surface area contributed by atoms with Crippen molar-refractivity contribution < 1.29 is 4.79 Å². The van der Waals surface area contributed by atoms with Gasteiger partial charge < -0.3 is 11.1 Å². The zero-order valence-electron chi connectivity index (χ0n) is 11.3. The summed E-state index contributed by atoms with van der Waals surface area (Å²) in [6, 6.07) is 8.26. The predicted octanol–water partition coefficient (Wildman–Crippen LogP) is 2.71. The standard InChI is InChI=1S/C14H22N2OS/c1-4-12(15)11-7-5-6-8-13(11)18-9-14(17)16-10(2)3/h5-8,10,12H,4,9,15H2,1-3H3,(H,16,17). The number of hydrogen-bond donors (Lipinski definition) is 2. The second kappa shape index (κ2) is 7.44. The summed E-state index contributed by atoms with van der Waals surface area (Å²) in [5.41, 5.74) is 7.20. The highest BCUT2D eigenvalue weighted by molar-refractivity contribution is 8.00. The monoisotopic (exact) mass is 266 g/mol. The van der Waals surface area contributed by atoms with Gasteiger partial charge in [-0.2, -0.15) is 0 Å². The van der Waals surface area contributed by atoms with E-state index in [1.807, 2.05) is 38.1 Å². The smallest absolute Gasteiger partial charge is 0.230 e.